The van der Waals surface area contributed by atoms with Crippen LogP contribution < -0.4 is 15.0 Å². The third-order valence-electron chi connectivity index (χ3n) is 5.91. The summed E-state index contributed by atoms with van der Waals surface area (Å²) in [5, 5.41) is 3.23. The Bertz CT molecular complexity index is 873. The number of methoxy groups -OCH3 is 1. The third kappa shape index (κ3) is 4.52. The summed E-state index contributed by atoms with van der Waals surface area (Å²) in [6.07, 6.45) is 6.50. The van der Waals surface area contributed by atoms with Crippen LogP contribution >= 0.6 is 0 Å². The van der Waals surface area contributed by atoms with Gasteiger partial charge in [0.1, 0.15) is 5.75 Å². The lowest BCUT2D eigenvalue weighted by Crippen LogP contribution is -2.38. The molecule has 1 saturated heterocycles. The summed E-state index contributed by atoms with van der Waals surface area (Å²) in [4.78, 5) is 24.5. The number of carbonyl (C=O) groups is 1. The fourth-order valence-electron chi connectivity index (χ4n) is 4.41. The van der Waals surface area contributed by atoms with E-state index in [1.165, 1.54) is 12.8 Å². The maximum Gasteiger partial charge on any atom is 0.225 e. The lowest BCUT2D eigenvalue weighted by Gasteiger charge is -2.36. The second-order valence-corrected chi connectivity index (χ2v) is 8.96. The van der Waals surface area contributed by atoms with Gasteiger partial charge in [0.2, 0.25) is 11.9 Å². The Morgan fingerprint density at radius 1 is 1.24 bits per heavy atom. The van der Waals surface area contributed by atoms with Gasteiger partial charge in [-0.05, 0) is 48.8 Å². The first-order valence-corrected chi connectivity index (χ1v) is 10.5. The average Bonchev–Trinajstić information content (AvgIpc) is 3.22. The molecule has 2 heterocycles. The van der Waals surface area contributed by atoms with E-state index in [1.807, 2.05) is 30.5 Å². The van der Waals surface area contributed by atoms with E-state index < -0.39 is 0 Å². The lowest BCUT2D eigenvalue weighted by molar-refractivity contribution is -0.121. The molecule has 1 aromatic heterocycles. The van der Waals surface area contributed by atoms with Crippen molar-refractivity contribution in [1.29, 1.82) is 0 Å². The molecule has 29 heavy (non-hydrogen) atoms. The highest BCUT2D eigenvalue weighted by Crippen LogP contribution is 2.40. The normalized spacial score (nSPS) is 20.2. The highest BCUT2D eigenvalue weighted by Gasteiger charge is 2.35. The largest absolute Gasteiger partial charge is 0.497 e. The molecule has 1 aromatic carbocycles. The van der Waals surface area contributed by atoms with Crippen LogP contribution in [0.25, 0.3) is 0 Å². The summed E-state index contributed by atoms with van der Waals surface area (Å²) in [7, 11) is 1.64. The van der Waals surface area contributed by atoms with Crippen LogP contribution in [0, 0.1) is 5.41 Å². The van der Waals surface area contributed by atoms with Gasteiger partial charge in [-0.15, -0.1) is 0 Å². The molecule has 2 aromatic rings. The van der Waals surface area contributed by atoms with E-state index >= 15 is 0 Å². The molecule has 1 atom stereocenters. The Morgan fingerprint density at radius 3 is 2.66 bits per heavy atom. The Hall–Kier alpha value is -2.63. The Balaban J connectivity index is 1.50. The Labute approximate surface area is 172 Å². The molecule has 6 nitrogen and oxygen atoms in total. The second kappa shape index (κ2) is 8.01. The number of nitrogens with zero attached hydrogens (tertiary/aromatic N) is 3. The summed E-state index contributed by atoms with van der Waals surface area (Å²) >= 11 is 0. The first kappa shape index (κ1) is 19.7. The number of anilines is 1. The van der Waals surface area contributed by atoms with Gasteiger partial charge in [-0.25, -0.2) is 9.97 Å². The minimum Gasteiger partial charge on any atom is -0.497 e. The monoisotopic (exact) mass is 394 g/mol. The van der Waals surface area contributed by atoms with Crippen molar-refractivity contribution in [2.24, 2.45) is 5.41 Å². The smallest absolute Gasteiger partial charge is 0.225 e. The molecule has 0 bridgehead atoms. The van der Waals surface area contributed by atoms with Crippen molar-refractivity contribution in [1.82, 2.24) is 15.3 Å². The second-order valence-electron chi connectivity index (χ2n) is 8.96. The molecule has 1 aliphatic carbocycles. The summed E-state index contributed by atoms with van der Waals surface area (Å²) in [5.41, 5.74) is 3.20. The molecule has 6 heteroatoms. The van der Waals surface area contributed by atoms with E-state index in [0.717, 1.165) is 54.4 Å². The zero-order valence-electron chi connectivity index (χ0n) is 17.6. The van der Waals surface area contributed by atoms with Crippen molar-refractivity contribution >= 4 is 11.9 Å². The number of hydrogen-bond acceptors (Lipinski definition) is 5. The van der Waals surface area contributed by atoms with Gasteiger partial charge in [0.15, 0.2) is 0 Å². The summed E-state index contributed by atoms with van der Waals surface area (Å²) in [6, 6.07) is 7.59. The zero-order chi connectivity index (χ0) is 20.4. The average molecular weight is 395 g/mol. The molecular weight excluding hydrogens is 364 g/mol. The van der Waals surface area contributed by atoms with Crippen molar-refractivity contribution < 1.29 is 9.53 Å². The molecule has 2 aliphatic rings. The number of amides is 1. The molecule has 1 aliphatic heterocycles. The van der Waals surface area contributed by atoms with Crippen LogP contribution in [0.1, 0.15) is 56.0 Å². The number of rotatable bonds is 5. The molecule has 4 rings (SSSR count). The highest BCUT2D eigenvalue weighted by atomic mass is 16.5. The minimum atomic E-state index is -0.0490. The van der Waals surface area contributed by atoms with Crippen LogP contribution in [-0.2, 0) is 17.6 Å². The number of aromatic nitrogens is 2. The third-order valence-corrected chi connectivity index (χ3v) is 5.91. The van der Waals surface area contributed by atoms with Gasteiger partial charge in [-0.1, -0.05) is 26.0 Å². The fraction of sp³-hybridized carbons (Fsp3) is 0.522. The van der Waals surface area contributed by atoms with E-state index in [4.69, 9.17) is 9.72 Å². The lowest BCUT2D eigenvalue weighted by atomic mass is 9.74. The molecule has 154 valence electrons. The van der Waals surface area contributed by atoms with E-state index in [0.29, 0.717) is 6.42 Å². The van der Waals surface area contributed by atoms with Crippen LogP contribution in [0.4, 0.5) is 5.95 Å². The number of benzene rings is 1. The Kier molecular flexibility index (Phi) is 5.43. The summed E-state index contributed by atoms with van der Waals surface area (Å²) in [5.74, 6) is 1.65. The van der Waals surface area contributed by atoms with Crippen molar-refractivity contribution in [3.05, 3.63) is 47.3 Å². The van der Waals surface area contributed by atoms with Gasteiger partial charge in [0.05, 0.1) is 25.3 Å². The molecular formula is C23H30N4O2. The zero-order valence-corrected chi connectivity index (χ0v) is 17.6. The maximum absolute atomic E-state index is 12.7. The van der Waals surface area contributed by atoms with Crippen LogP contribution in [0.3, 0.4) is 0 Å². The van der Waals surface area contributed by atoms with Crippen molar-refractivity contribution in [2.45, 2.75) is 52.0 Å². The molecule has 1 unspecified atom stereocenters. The first-order valence-electron chi connectivity index (χ1n) is 10.5. The van der Waals surface area contributed by atoms with Crippen LogP contribution in [-0.4, -0.2) is 36.1 Å². The molecule has 0 saturated carbocycles. The minimum absolute atomic E-state index is 0.0208. The number of ether oxygens (including phenoxy) is 1. The van der Waals surface area contributed by atoms with Gasteiger partial charge in [-0.2, -0.15) is 0 Å². The SMILES string of the molecule is COc1ccc(CC(=O)NC2CC(C)(C)Cc3nc(N4CCCC4)ncc32)cc1. The summed E-state index contributed by atoms with van der Waals surface area (Å²) in [6.45, 7) is 6.56. The van der Waals surface area contributed by atoms with Crippen molar-refractivity contribution in [3.8, 4) is 5.75 Å². The maximum atomic E-state index is 12.7. The van der Waals surface area contributed by atoms with Gasteiger partial charge < -0.3 is 15.0 Å². The van der Waals surface area contributed by atoms with E-state index in [1.54, 1.807) is 7.11 Å². The predicted octanol–water partition coefficient (Wildman–Crippen LogP) is 3.46. The number of hydrogen-bond donors (Lipinski definition) is 1. The van der Waals surface area contributed by atoms with Gasteiger partial charge >= 0.3 is 0 Å². The quantitative estimate of drug-likeness (QED) is 0.841. The topological polar surface area (TPSA) is 67.3 Å². The van der Waals surface area contributed by atoms with E-state index in [2.05, 4.69) is 29.0 Å². The van der Waals surface area contributed by atoms with Crippen LogP contribution in [0.15, 0.2) is 30.5 Å². The molecule has 1 N–H and O–H groups in total. The fourth-order valence-corrected chi connectivity index (χ4v) is 4.41. The van der Waals surface area contributed by atoms with E-state index in [-0.39, 0.29) is 17.4 Å². The van der Waals surface area contributed by atoms with Crippen molar-refractivity contribution in [3.63, 3.8) is 0 Å². The molecule has 0 spiro atoms. The molecule has 1 amide bonds. The molecule has 1 fully saturated rings. The first-order chi connectivity index (χ1) is 13.9. The van der Waals surface area contributed by atoms with E-state index in [9.17, 15) is 4.79 Å². The van der Waals surface area contributed by atoms with Gasteiger partial charge in [0.25, 0.3) is 0 Å². The standard InChI is InChI=1S/C23H30N4O2/c1-23(2)13-19(25-21(28)12-16-6-8-17(29-3)9-7-16)18-15-24-22(26-20(18)14-23)27-10-4-5-11-27/h6-9,15,19H,4-5,10-14H2,1-3H3,(H,25,28). The van der Waals surface area contributed by atoms with Crippen LogP contribution in [0.5, 0.6) is 5.75 Å². The van der Waals surface area contributed by atoms with Gasteiger partial charge in [0, 0.05) is 24.8 Å². The number of fused-ring (bicyclic) bond motifs is 1. The highest BCUT2D eigenvalue weighted by molar-refractivity contribution is 5.79. The predicted molar refractivity (Wildman–Crippen MR) is 113 cm³/mol. The summed E-state index contributed by atoms with van der Waals surface area (Å²) < 4.78 is 5.19. The van der Waals surface area contributed by atoms with Gasteiger partial charge in [-0.3, -0.25) is 4.79 Å². The number of carbonyl (C=O) groups excluding carboxylic acids is 1. The number of nitrogens with one attached hydrogen (secondary N) is 1. The molecule has 0 radical (unpaired) electrons. The van der Waals surface area contributed by atoms with Crippen molar-refractivity contribution in [2.75, 3.05) is 25.1 Å². The van der Waals surface area contributed by atoms with Crippen LogP contribution in [0.2, 0.25) is 0 Å². The Morgan fingerprint density at radius 2 is 1.97 bits per heavy atom.